The highest BCUT2D eigenvalue weighted by Gasteiger charge is 2.26. The molecule has 1 N–H and O–H groups in total. The van der Waals surface area contributed by atoms with Crippen LogP contribution in [-0.2, 0) is 0 Å². The number of hydrogen-bond acceptors (Lipinski definition) is 2. The molecule has 0 saturated carbocycles. The van der Waals surface area contributed by atoms with Gasteiger partial charge in [-0.25, -0.2) is 4.39 Å². The number of halogens is 2. The molecular weight excluding hydrogens is 323 g/mol. The lowest BCUT2D eigenvalue weighted by Crippen LogP contribution is -2.46. The summed E-state index contributed by atoms with van der Waals surface area (Å²) < 4.78 is 14.0. The number of nitrogens with one attached hydrogen (secondary N) is 1. The van der Waals surface area contributed by atoms with E-state index in [0.29, 0.717) is 16.6 Å². The summed E-state index contributed by atoms with van der Waals surface area (Å²) in [4.78, 5) is 14.6. The van der Waals surface area contributed by atoms with Crippen molar-refractivity contribution in [1.29, 1.82) is 0 Å². The van der Waals surface area contributed by atoms with Gasteiger partial charge in [0.2, 0.25) is 0 Å². The Balaban J connectivity index is 2.23. The van der Waals surface area contributed by atoms with E-state index in [-0.39, 0.29) is 17.8 Å². The zero-order chi connectivity index (χ0) is 14.5. The van der Waals surface area contributed by atoms with Gasteiger partial charge in [-0.2, -0.15) is 0 Å². The van der Waals surface area contributed by atoms with Crippen LogP contribution in [0.1, 0.15) is 36.5 Å². The summed E-state index contributed by atoms with van der Waals surface area (Å²) in [5, 5.41) is 3.30. The van der Waals surface area contributed by atoms with Crippen LogP contribution in [0.15, 0.2) is 22.7 Å². The fourth-order valence-electron chi connectivity index (χ4n) is 2.63. The Labute approximate surface area is 127 Å². The van der Waals surface area contributed by atoms with Crippen LogP contribution in [0.4, 0.5) is 4.39 Å². The molecule has 5 heteroatoms. The van der Waals surface area contributed by atoms with Gasteiger partial charge < -0.3 is 10.2 Å². The molecule has 1 fully saturated rings. The third-order valence-electron chi connectivity index (χ3n) is 3.63. The van der Waals surface area contributed by atoms with E-state index < -0.39 is 0 Å². The third-order valence-corrected chi connectivity index (χ3v) is 4.33. The summed E-state index contributed by atoms with van der Waals surface area (Å²) in [5.41, 5.74) is 0.414. The van der Waals surface area contributed by atoms with Crippen LogP contribution in [-0.4, -0.2) is 36.5 Å². The molecule has 0 aliphatic carbocycles. The number of nitrogens with zero attached hydrogens (tertiary/aromatic N) is 1. The van der Waals surface area contributed by atoms with E-state index in [4.69, 9.17) is 0 Å². The first-order valence-corrected chi connectivity index (χ1v) is 7.89. The van der Waals surface area contributed by atoms with Gasteiger partial charge in [0, 0.05) is 17.1 Å². The second-order valence-electron chi connectivity index (χ2n) is 5.10. The van der Waals surface area contributed by atoms with Crippen molar-refractivity contribution in [3.63, 3.8) is 0 Å². The summed E-state index contributed by atoms with van der Waals surface area (Å²) in [6, 6.07) is 4.51. The molecule has 1 amide bonds. The van der Waals surface area contributed by atoms with E-state index in [0.717, 1.165) is 32.4 Å². The molecular formula is C15H20BrFN2O. The average molecular weight is 343 g/mol. The van der Waals surface area contributed by atoms with Crippen LogP contribution >= 0.6 is 15.9 Å². The lowest BCUT2D eigenvalue weighted by molar-refractivity contribution is 0.0641. The Bertz CT molecular complexity index is 475. The lowest BCUT2D eigenvalue weighted by atomic mass is 10.0. The van der Waals surface area contributed by atoms with Crippen molar-refractivity contribution in [2.75, 3.05) is 19.6 Å². The first-order valence-electron chi connectivity index (χ1n) is 7.10. The van der Waals surface area contributed by atoms with E-state index >= 15 is 0 Å². The van der Waals surface area contributed by atoms with Crippen LogP contribution in [0, 0.1) is 5.82 Å². The number of hydrogen-bond donors (Lipinski definition) is 1. The van der Waals surface area contributed by atoms with E-state index in [1.54, 1.807) is 6.07 Å². The van der Waals surface area contributed by atoms with Gasteiger partial charge in [0.05, 0.1) is 5.56 Å². The van der Waals surface area contributed by atoms with Crippen LogP contribution in [0.5, 0.6) is 0 Å². The standard InChI is InChI=1S/C15H20BrFN2O/c1-2-9-19(12-5-7-18-8-6-12)15(20)13-10-11(17)3-4-14(13)16/h3-4,10,12,18H,2,5-9H2,1H3. The van der Waals surface area contributed by atoms with E-state index in [1.165, 1.54) is 12.1 Å². The molecule has 1 aromatic carbocycles. The van der Waals surface area contributed by atoms with Gasteiger partial charge in [-0.15, -0.1) is 0 Å². The molecule has 0 bridgehead atoms. The first kappa shape index (κ1) is 15.4. The number of carbonyl (C=O) groups excluding carboxylic acids is 1. The van der Waals surface area contributed by atoms with Crippen LogP contribution in [0.2, 0.25) is 0 Å². The first-order chi connectivity index (χ1) is 9.63. The summed E-state index contributed by atoms with van der Waals surface area (Å²) in [6.45, 7) is 4.64. The van der Waals surface area contributed by atoms with Gasteiger partial charge in [-0.05, 0) is 66.5 Å². The molecule has 1 aliphatic heterocycles. The molecule has 0 spiro atoms. The van der Waals surface area contributed by atoms with Gasteiger partial charge in [0.1, 0.15) is 5.82 Å². The molecule has 1 heterocycles. The van der Waals surface area contributed by atoms with Gasteiger partial charge >= 0.3 is 0 Å². The fourth-order valence-corrected chi connectivity index (χ4v) is 3.04. The minimum absolute atomic E-state index is 0.0786. The van der Waals surface area contributed by atoms with Crippen molar-refractivity contribution in [1.82, 2.24) is 10.2 Å². The smallest absolute Gasteiger partial charge is 0.255 e. The Morgan fingerprint density at radius 2 is 2.15 bits per heavy atom. The van der Waals surface area contributed by atoms with Crippen molar-refractivity contribution in [3.05, 3.63) is 34.1 Å². The van der Waals surface area contributed by atoms with Gasteiger partial charge in [0.25, 0.3) is 5.91 Å². The highest BCUT2D eigenvalue weighted by atomic mass is 79.9. The molecule has 0 aromatic heterocycles. The zero-order valence-electron chi connectivity index (χ0n) is 11.7. The van der Waals surface area contributed by atoms with Crippen molar-refractivity contribution in [2.45, 2.75) is 32.2 Å². The Morgan fingerprint density at radius 3 is 2.80 bits per heavy atom. The number of carbonyl (C=O) groups is 1. The number of piperidine rings is 1. The predicted octanol–water partition coefficient (Wildman–Crippen LogP) is 3.19. The van der Waals surface area contributed by atoms with Crippen molar-refractivity contribution >= 4 is 21.8 Å². The van der Waals surface area contributed by atoms with Gasteiger partial charge in [-0.3, -0.25) is 4.79 Å². The Morgan fingerprint density at radius 1 is 1.45 bits per heavy atom. The third kappa shape index (κ3) is 3.58. The number of rotatable bonds is 4. The highest BCUT2D eigenvalue weighted by Crippen LogP contribution is 2.23. The van der Waals surface area contributed by atoms with Crippen LogP contribution in [0.25, 0.3) is 0 Å². The Hall–Kier alpha value is -0.940. The second-order valence-corrected chi connectivity index (χ2v) is 5.96. The molecule has 20 heavy (non-hydrogen) atoms. The largest absolute Gasteiger partial charge is 0.336 e. The van der Waals surface area contributed by atoms with E-state index in [2.05, 4.69) is 28.2 Å². The topological polar surface area (TPSA) is 32.3 Å². The summed E-state index contributed by atoms with van der Waals surface area (Å²) >= 11 is 3.35. The lowest BCUT2D eigenvalue weighted by Gasteiger charge is -2.34. The number of benzene rings is 1. The summed E-state index contributed by atoms with van der Waals surface area (Å²) in [6.07, 6.45) is 2.82. The average Bonchev–Trinajstić information content (AvgIpc) is 2.47. The summed E-state index contributed by atoms with van der Waals surface area (Å²) in [5.74, 6) is -0.455. The van der Waals surface area contributed by atoms with Gasteiger partial charge in [-0.1, -0.05) is 6.92 Å². The maximum atomic E-state index is 13.4. The maximum absolute atomic E-state index is 13.4. The SMILES string of the molecule is CCCN(C(=O)c1cc(F)ccc1Br)C1CCNCC1. The van der Waals surface area contributed by atoms with Crippen molar-refractivity contribution in [3.8, 4) is 0 Å². The molecule has 0 radical (unpaired) electrons. The number of amides is 1. The minimum atomic E-state index is -0.377. The van der Waals surface area contributed by atoms with Gasteiger partial charge in [0.15, 0.2) is 0 Å². The molecule has 110 valence electrons. The summed E-state index contributed by atoms with van der Waals surface area (Å²) in [7, 11) is 0. The van der Waals surface area contributed by atoms with E-state index in [9.17, 15) is 9.18 Å². The minimum Gasteiger partial charge on any atom is -0.336 e. The molecule has 2 rings (SSSR count). The monoisotopic (exact) mass is 342 g/mol. The predicted molar refractivity (Wildman–Crippen MR) is 81.3 cm³/mol. The molecule has 1 aromatic rings. The van der Waals surface area contributed by atoms with Crippen LogP contribution < -0.4 is 5.32 Å². The van der Waals surface area contributed by atoms with Crippen molar-refractivity contribution in [2.24, 2.45) is 0 Å². The molecule has 0 atom stereocenters. The van der Waals surface area contributed by atoms with E-state index in [1.807, 2.05) is 4.90 Å². The Kier molecular flexibility index (Phi) is 5.54. The molecule has 0 unspecified atom stereocenters. The second kappa shape index (κ2) is 7.18. The molecule has 1 saturated heterocycles. The highest BCUT2D eigenvalue weighted by molar-refractivity contribution is 9.10. The van der Waals surface area contributed by atoms with Crippen LogP contribution in [0.3, 0.4) is 0 Å². The zero-order valence-corrected chi connectivity index (χ0v) is 13.2. The normalized spacial score (nSPS) is 16.1. The molecule has 1 aliphatic rings. The molecule has 3 nitrogen and oxygen atoms in total. The van der Waals surface area contributed by atoms with Crippen molar-refractivity contribution < 1.29 is 9.18 Å². The fraction of sp³-hybridized carbons (Fsp3) is 0.533. The quantitative estimate of drug-likeness (QED) is 0.911. The maximum Gasteiger partial charge on any atom is 0.255 e.